The van der Waals surface area contributed by atoms with E-state index < -0.39 is 0 Å². The van der Waals surface area contributed by atoms with Crippen LogP contribution in [0, 0.1) is 6.92 Å². The first-order valence-corrected chi connectivity index (χ1v) is 10.6. The molecule has 2 aromatic carbocycles. The normalized spacial score (nSPS) is 11.3. The van der Waals surface area contributed by atoms with E-state index in [2.05, 4.69) is 9.97 Å². The molecule has 0 atom stereocenters. The lowest BCUT2D eigenvalue weighted by Gasteiger charge is -2.07. The van der Waals surface area contributed by atoms with Gasteiger partial charge in [-0.25, -0.2) is 4.98 Å². The molecule has 160 valence electrons. The summed E-state index contributed by atoms with van der Waals surface area (Å²) in [6.45, 7) is 2.14. The van der Waals surface area contributed by atoms with E-state index in [-0.39, 0.29) is 18.2 Å². The molecule has 3 aromatic heterocycles. The van der Waals surface area contributed by atoms with Gasteiger partial charge in [0.2, 0.25) is 5.78 Å². The second-order valence-electron chi connectivity index (χ2n) is 7.60. The minimum Gasteiger partial charge on any atom is -0.497 e. The first-order chi connectivity index (χ1) is 15.5. The Hall–Kier alpha value is -3.64. The topological polar surface area (TPSA) is 70.2 Å². The number of pyridine rings is 1. The largest absolute Gasteiger partial charge is 0.497 e. The van der Waals surface area contributed by atoms with Gasteiger partial charge in [-0.3, -0.25) is 4.79 Å². The fourth-order valence-electron chi connectivity index (χ4n) is 3.99. The molecule has 7 heteroatoms. The molecule has 5 aromatic rings. The fraction of sp³-hybridized carbons (Fsp3) is 0.160. The smallest absolute Gasteiger partial charge is 0.267 e. The fourth-order valence-corrected chi connectivity index (χ4v) is 4.12. The van der Waals surface area contributed by atoms with Crippen LogP contribution in [0.25, 0.3) is 22.1 Å². The molecule has 0 spiro atoms. The van der Waals surface area contributed by atoms with E-state index in [0.29, 0.717) is 22.7 Å². The summed E-state index contributed by atoms with van der Waals surface area (Å²) in [5.74, 6) is 0.618. The molecule has 0 amide bonds. The molecule has 0 unspecified atom stereocenters. The number of aromatic nitrogens is 3. The van der Waals surface area contributed by atoms with E-state index in [1.54, 1.807) is 25.4 Å². The molecular formula is C25H20ClN3O3. The zero-order valence-corrected chi connectivity index (χ0v) is 18.4. The second-order valence-corrected chi connectivity index (χ2v) is 8.04. The molecule has 0 saturated heterocycles. The highest BCUT2D eigenvalue weighted by Gasteiger charge is 2.21. The Kier molecular flexibility index (Phi) is 5.15. The van der Waals surface area contributed by atoms with E-state index >= 15 is 0 Å². The molecule has 0 aliphatic carbocycles. The summed E-state index contributed by atoms with van der Waals surface area (Å²) in [7, 11) is 1.65. The number of ether oxygens (including phenoxy) is 1. The Labute approximate surface area is 189 Å². The minimum atomic E-state index is -0.211. The number of hydrogen-bond donors (Lipinski definition) is 0. The highest BCUT2D eigenvalue weighted by molar-refractivity contribution is 6.30. The molecule has 0 bridgehead atoms. The Bertz CT molecular complexity index is 1420. The summed E-state index contributed by atoms with van der Waals surface area (Å²) in [4.78, 5) is 21.5. The number of Topliss-reactive ketones (excluding diaryl/α,β-unsaturated/α-hetero) is 1. The van der Waals surface area contributed by atoms with Crippen LogP contribution in [-0.2, 0) is 13.0 Å². The van der Waals surface area contributed by atoms with Crippen molar-refractivity contribution >= 4 is 39.5 Å². The highest BCUT2D eigenvalue weighted by Crippen LogP contribution is 2.31. The second kappa shape index (κ2) is 8.13. The molecule has 0 N–H and O–H groups in total. The number of carbonyl (C=O) groups is 1. The number of benzene rings is 2. The number of halogens is 1. The molecule has 32 heavy (non-hydrogen) atoms. The maximum absolute atomic E-state index is 13.1. The zero-order valence-electron chi connectivity index (χ0n) is 17.6. The lowest BCUT2D eigenvalue weighted by Crippen LogP contribution is -2.12. The first kappa shape index (κ1) is 20.3. The third kappa shape index (κ3) is 3.63. The van der Waals surface area contributed by atoms with Gasteiger partial charge in [0.25, 0.3) is 5.89 Å². The van der Waals surface area contributed by atoms with Crippen LogP contribution >= 0.6 is 11.6 Å². The van der Waals surface area contributed by atoms with Gasteiger partial charge in [0.05, 0.1) is 13.7 Å². The Morgan fingerprint density at radius 3 is 2.72 bits per heavy atom. The monoisotopic (exact) mass is 445 g/mol. The van der Waals surface area contributed by atoms with E-state index in [9.17, 15) is 4.79 Å². The van der Waals surface area contributed by atoms with Gasteiger partial charge in [-0.15, -0.1) is 0 Å². The molecule has 0 radical (unpaired) electrons. The number of fused-ring (bicyclic) bond motifs is 2. The van der Waals surface area contributed by atoms with Crippen LogP contribution in [-0.4, -0.2) is 27.4 Å². The number of methoxy groups -OCH3 is 1. The summed E-state index contributed by atoms with van der Waals surface area (Å²) < 4.78 is 13.1. The molecule has 0 fully saturated rings. The third-order valence-electron chi connectivity index (χ3n) is 5.66. The first-order valence-electron chi connectivity index (χ1n) is 10.2. The average Bonchev–Trinajstić information content (AvgIpc) is 3.35. The van der Waals surface area contributed by atoms with Gasteiger partial charge in [-0.1, -0.05) is 23.7 Å². The van der Waals surface area contributed by atoms with E-state index in [0.717, 1.165) is 33.5 Å². The van der Waals surface area contributed by atoms with Gasteiger partial charge >= 0.3 is 0 Å². The van der Waals surface area contributed by atoms with Gasteiger partial charge in [-0.05, 0) is 66.9 Å². The maximum Gasteiger partial charge on any atom is 0.267 e. The average molecular weight is 446 g/mol. The Morgan fingerprint density at radius 2 is 1.97 bits per heavy atom. The van der Waals surface area contributed by atoms with E-state index in [1.165, 1.54) is 0 Å². The van der Waals surface area contributed by atoms with Crippen molar-refractivity contribution in [2.24, 2.45) is 0 Å². The van der Waals surface area contributed by atoms with Gasteiger partial charge < -0.3 is 13.7 Å². The number of rotatable bonds is 6. The molecule has 0 saturated carbocycles. The Morgan fingerprint density at radius 1 is 1.16 bits per heavy atom. The van der Waals surface area contributed by atoms with Crippen molar-refractivity contribution in [1.29, 1.82) is 0 Å². The molecule has 0 aliphatic rings. The van der Waals surface area contributed by atoms with Crippen molar-refractivity contribution in [2.75, 3.05) is 7.11 Å². The van der Waals surface area contributed by atoms with Crippen LogP contribution in [0.4, 0.5) is 0 Å². The summed E-state index contributed by atoms with van der Waals surface area (Å²) >= 11 is 6.05. The summed E-state index contributed by atoms with van der Waals surface area (Å²) in [6.07, 6.45) is 2.33. The van der Waals surface area contributed by atoms with Crippen molar-refractivity contribution in [3.05, 3.63) is 88.5 Å². The lowest BCUT2D eigenvalue weighted by molar-refractivity contribution is 0.0941. The van der Waals surface area contributed by atoms with Gasteiger partial charge in [0.15, 0.2) is 11.2 Å². The zero-order chi connectivity index (χ0) is 22.2. The molecule has 0 aliphatic heterocycles. The number of hydrogen-bond acceptors (Lipinski definition) is 5. The minimum absolute atomic E-state index is 0.0627. The summed E-state index contributed by atoms with van der Waals surface area (Å²) in [6, 6.07) is 17.2. The van der Waals surface area contributed by atoms with Crippen LogP contribution in [0.2, 0.25) is 5.02 Å². The Balaban J connectivity index is 1.56. The van der Waals surface area contributed by atoms with Crippen molar-refractivity contribution in [3.8, 4) is 5.75 Å². The van der Waals surface area contributed by atoms with Crippen molar-refractivity contribution in [1.82, 2.24) is 14.5 Å². The van der Waals surface area contributed by atoms with Gasteiger partial charge in [0, 0.05) is 27.8 Å². The molecule has 5 rings (SSSR count). The highest BCUT2D eigenvalue weighted by atomic mass is 35.5. The van der Waals surface area contributed by atoms with Crippen LogP contribution < -0.4 is 4.74 Å². The summed E-state index contributed by atoms with van der Waals surface area (Å²) in [5.41, 5.74) is 5.15. The molecule has 3 heterocycles. The lowest BCUT2D eigenvalue weighted by atomic mass is 10.0. The number of carbonyl (C=O) groups excluding carboxylic acids is 1. The van der Waals surface area contributed by atoms with Crippen molar-refractivity contribution in [3.63, 3.8) is 0 Å². The standard InChI is InChI=1S/C25H20ClN3O3/c1-15-19(12-16-5-7-17(26)8-6-16)20-13-18(31-2)9-10-21(20)29(15)14-22(30)25-28-24-23(32-25)4-3-11-27-24/h3-11,13H,12,14H2,1-2H3. The van der Waals surface area contributed by atoms with Crippen LogP contribution in [0.5, 0.6) is 5.75 Å². The van der Waals surface area contributed by atoms with Gasteiger partial charge in [-0.2, -0.15) is 4.98 Å². The van der Waals surface area contributed by atoms with E-state index in [4.69, 9.17) is 20.8 Å². The predicted octanol–water partition coefficient (Wildman–Crippen LogP) is 5.62. The van der Waals surface area contributed by atoms with Crippen molar-refractivity contribution in [2.45, 2.75) is 19.9 Å². The van der Waals surface area contributed by atoms with Crippen LogP contribution in [0.1, 0.15) is 27.5 Å². The third-order valence-corrected chi connectivity index (χ3v) is 5.91. The number of oxazole rings is 1. The maximum atomic E-state index is 13.1. The van der Waals surface area contributed by atoms with Crippen LogP contribution in [0.15, 0.2) is 65.2 Å². The van der Waals surface area contributed by atoms with Gasteiger partial charge in [0.1, 0.15) is 5.75 Å². The number of ketones is 1. The van der Waals surface area contributed by atoms with Crippen molar-refractivity contribution < 1.29 is 13.9 Å². The number of nitrogens with zero attached hydrogens (tertiary/aromatic N) is 3. The van der Waals surface area contributed by atoms with Crippen LogP contribution in [0.3, 0.4) is 0 Å². The molecule has 6 nitrogen and oxygen atoms in total. The van der Waals surface area contributed by atoms with E-state index in [1.807, 2.05) is 54.0 Å². The predicted molar refractivity (Wildman–Crippen MR) is 124 cm³/mol. The quantitative estimate of drug-likeness (QED) is 0.317. The summed E-state index contributed by atoms with van der Waals surface area (Å²) in [5, 5.41) is 1.75. The molecular weight excluding hydrogens is 426 g/mol. The SMILES string of the molecule is COc1ccc2c(c1)c(Cc1ccc(Cl)cc1)c(C)n2CC(=O)c1nc2ncccc2o1.